The Balaban J connectivity index is 4.95. The number of rotatable bonds is 5. The number of hydrogen-bond acceptors (Lipinski definition) is 4. The van der Waals surface area contributed by atoms with Crippen LogP contribution >= 0.6 is 7.75 Å². The first-order valence-electron chi connectivity index (χ1n) is 3.16. The third kappa shape index (κ3) is 3.40. The SMILES string of the molecule is O=C(O)C[N+]([O-])(CC(=O)O)P(=O)(O)O. The summed E-state index contributed by atoms with van der Waals surface area (Å²) in [6.45, 7) is -3.01. The van der Waals surface area contributed by atoms with Gasteiger partial charge in [-0.15, -0.1) is 0 Å². The van der Waals surface area contributed by atoms with Gasteiger partial charge in [0.15, 0.2) is 13.1 Å². The standard InChI is InChI=1S/C4H8NO8P/c6-3(7)1-5(10,2-4(8)9)14(11,12)13/h1-2H2,(H,6,7)(H,8,9)(H2,11,12,13). The molecule has 0 spiro atoms. The van der Waals surface area contributed by atoms with Gasteiger partial charge in [0, 0.05) is 0 Å². The molecule has 0 atom stereocenters. The molecule has 4 N–H and O–H groups in total. The number of aliphatic carboxylic acids is 2. The molecule has 0 bridgehead atoms. The van der Waals surface area contributed by atoms with Crippen LogP contribution in [0, 0.1) is 5.21 Å². The minimum atomic E-state index is -5.38. The van der Waals surface area contributed by atoms with Gasteiger partial charge in [-0.1, -0.05) is 0 Å². The average Bonchev–Trinajstić information content (AvgIpc) is 1.78. The molecule has 0 unspecified atom stereocenters. The van der Waals surface area contributed by atoms with Crippen LogP contribution in [0.25, 0.3) is 0 Å². The number of hydrogen-bond donors (Lipinski definition) is 4. The summed E-state index contributed by atoms with van der Waals surface area (Å²) in [6, 6.07) is 0. The summed E-state index contributed by atoms with van der Waals surface area (Å²) in [5.41, 5.74) is 0. The third-order valence-electron chi connectivity index (χ3n) is 1.24. The van der Waals surface area contributed by atoms with Crippen molar-refractivity contribution in [3.8, 4) is 0 Å². The molecule has 0 fully saturated rings. The van der Waals surface area contributed by atoms with Gasteiger partial charge in [-0.05, 0) is 0 Å². The van der Waals surface area contributed by atoms with Crippen molar-refractivity contribution in [1.29, 1.82) is 0 Å². The smallest absolute Gasteiger partial charge is 0.527 e. The highest BCUT2D eigenvalue weighted by Crippen LogP contribution is 2.46. The Kier molecular flexibility index (Phi) is 3.74. The van der Waals surface area contributed by atoms with Crippen LogP contribution in [-0.4, -0.2) is 49.4 Å². The van der Waals surface area contributed by atoms with Gasteiger partial charge in [0.1, 0.15) is 0 Å². The predicted octanol–water partition coefficient (Wildman–Crippen LogP) is -1.44. The van der Waals surface area contributed by atoms with E-state index in [1.165, 1.54) is 0 Å². The van der Waals surface area contributed by atoms with Crippen LogP contribution in [0.2, 0.25) is 0 Å². The highest BCUT2D eigenvalue weighted by Gasteiger charge is 2.42. The molecule has 0 aromatic carbocycles. The normalized spacial score (nSPS) is 12.5. The molecule has 0 rings (SSSR count). The highest BCUT2D eigenvalue weighted by atomic mass is 31.2. The molecule has 0 radical (unpaired) electrons. The fourth-order valence-electron chi connectivity index (χ4n) is 0.663. The van der Waals surface area contributed by atoms with Crippen molar-refractivity contribution in [3.63, 3.8) is 0 Å². The molecule has 9 nitrogen and oxygen atoms in total. The Hall–Kier alpha value is -0.990. The van der Waals surface area contributed by atoms with E-state index in [2.05, 4.69) is 0 Å². The Morgan fingerprint density at radius 2 is 1.43 bits per heavy atom. The van der Waals surface area contributed by atoms with Crippen molar-refractivity contribution in [2.45, 2.75) is 0 Å². The number of carboxylic acid groups (broad SMARTS) is 2. The van der Waals surface area contributed by atoms with Crippen molar-refractivity contribution in [3.05, 3.63) is 5.21 Å². The number of hydroxylamine groups is 2. The first kappa shape index (κ1) is 13.0. The zero-order chi connectivity index (χ0) is 11.6. The minimum absolute atomic E-state index is 1.50. The van der Waals surface area contributed by atoms with Crippen molar-refractivity contribution >= 4 is 19.7 Å². The van der Waals surface area contributed by atoms with Crippen molar-refractivity contribution in [1.82, 2.24) is 0 Å². The van der Waals surface area contributed by atoms with E-state index in [4.69, 9.17) is 20.0 Å². The summed E-state index contributed by atoms with van der Waals surface area (Å²) in [6.07, 6.45) is 0. The first-order chi connectivity index (χ1) is 6.08. The topological polar surface area (TPSA) is 155 Å². The first-order valence-corrected chi connectivity index (χ1v) is 4.73. The molecule has 0 amide bonds. The van der Waals surface area contributed by atoms with Crippen molar-refractivity contribution in [2.24, 2.45) is 0 Å². The molecule has 0 aliphatic heterocycles. The van der Waals surface area contributed by atoms with Crippen LogP contribution in [0.15, 0.2) is 0 Å². The molecule has 0 aliphatic rings. The zero-order valence-corrected chi connectivity index (χ0v) is 7.62. The second-order valence-corrected chi connectivity index (χ2v) is 4.22. The van der Waals surface area contributed by atoms with E-state index in [-0.39, 0.29) is 0 Å². The summed E-state index contributed by atoms with van der Waals surface area (Å²) >= 11 is 0. The second-order valence-electron chi connectivity index (χ2n) is 2.46. The molecule has 10 heteroatoms. The van der Waals surface area contributed by atoms with E-state index < -0.39 is 37.2 Å². The summed E-state index contributed by atoms with van der Waals surface area (Å²) in [4.78, 5) is 37.1. The summed E-state index contributed by atoms with van der Waals surface area (Å²) in [5, 5.41) is 27.5. The molecular formula is C4H8NO8P. The maximum absolute atomic E-state index is 11.2. The van der Waals surface area contributed by atoms with E-state index in [0.29, 0.717) is 0 Å². The van der Waals surface area contributed by atoms with Gasteiger partial charge in [-0.3, -0.25) is 14.2 Å². The molecule has 0 saturated heterocycles. The Bertz CT molecular complexity index is 278. The number of nitrogens with zero attached hydrogens (tertiary/aromatic N) is 1. The van der Waals surface area contributed by atoms with Gasteiger partial charge in [0.2, 0.25) is 0 Å². The molecule has 0 aromatic heterocycles. The summed E-state index contributed by atoms with van der Waals surface area (Å²) in [5.74, 6) is -3.57. The van der Waals surface area contributed by atoms with E-state index in [1.54, 1.807) is 0 Å². The van der Waals surface area contributed by atoms with Crippen LogP contribution in [0.4, 0.5) is 0 Å². The van der Waals surface area contributed by atoms with Gasteiger partial charge in [-0.25, -0.2) is 14.2 Å². The fraction of sp³-hybridized carbons (Fsp3) is 0.500. The van der Waals surface area contributed by atoms with Crippen LogP contribution in [-0.2, 0) is 14.2 Å². The number of carboxylic acids is 2. The number of carbonyl (C=O) groups is 2. The van der Waals surface area contributed by atoms with Gasteiger partial charge >= 0.3 is 19.7 Å². The largest absolute Gasteiger partial charge is 0.626 e. The van der Waals surface area contributed by atoms with E-state index in [9.17, 15) is 19.4 Å². The molecule has 0 heterocycles. The maximum atomic E-state index is 11.2. The van der Waals surface area contributed by atoms with Gasteiger partial charge in [0.05, 0.1) is 0 Å². The number of quaternary nitrogens is 1. The molecule has 0 aromatic rings. The lowest BCUT2D eigenvalue weighted by atomic mass is 10.5. The Labute approximate surface area is 77.6 Å². The Morgan fingerprint density at radius 3 is 1.57 bits per heavy atom. The van der Waals surface area contributed by atoms with Crippen LogP contribution < -0.4 is 0 Å². The van der Waals surface area contributed by atoms with Gasteiger partial charge in [0.25, 0.3) is 0 Å². The highest BCUT2D eigenvalue weighted by molar-refractivity contribution is 7.45. The lowest BCUT2D eigenvalue weighted by Crippen LogP contribution is -2.46. The van der Waals surface area contributed by atoms with E-state index in [0.717, 1.165) is 0 Å². The maximum Gasteiger partial charge on any atom is 0.527 e. The monoisotopic (exact) mass is 229 g/mol. The molecule has 14 heavy (non-hydrogen) atoms. The minimum Gasteiger partial charge on any atom is -0.626 e. The van der Waals surface area contributed by atoms with Gasteiger partial charge in [-0.2, -0.15) is 0 Å². The van der Waals surface area contributed by atoms with Crippen LogP contribution in [0.1, 0.15) is 0 Å². The average molecular weight is 229 g/mol. The lowest BCUT2D eigenvalue weighted by molar-refractivity contribution is -0.755. The van der Waals surface area contributed by atoms with Crippen molar-refractivity contribution < 1.29 is 38.6 Å². The van der Waals surface area contributed by atoms with E-state index in [1.807, 2.05) is 0 Å². The van der Waals surface area contributed by atoms with Crippen LogP contribution in [0.5, 0.6) is 0 Å². The zero-order valence-electron chi connectivity index (χ0n) is 6.73. The predicted molar refractivity (Wildman–Crippen MR) is 40.7 cm³/mol. The van der Waals surface area contributed by atoms with Crippen LogP contribution in [0.3, 0.4) is 0 Å². The summed E-state index contributed by atoms with van der Waals surface area (Å²) < 4.78 is 7.95. The van der Waals surface area contributed by atoms with Gasteiger partial charge < -0.3 is 15.4 Å². The second kappa shape index (κ2) is 4.03. The van der Waals surface area contributed by atoms with E-state index >= 15 is 0 Å². The third-order valence-corrected chi connectivity index (χ3v) is 2.47. The molecule has 0 saturated carbocycles. The molecule has 0 aliphatic carbocycles. The fourth-order valence-corrected chi connectivity index (χ4v) is 1.27. The lowest BCUT2D eigenvalue weighted by Gasteiger charge is -2.38. The Morgan fingerprint density at radius 1 is 1.14 bits per heavy atom. The summed E-state index contributed by atoms with van der Waals surface area (Å²) in [7, 11) is -5.38. The molecule has 82 valence electrons. The quantitative estimate of drug-likeness (QED) is 0.330. The van der Waals surface area contributed by atoms with Crippen molar-refractivity contribution in [2.75, 3.05) is 13.1 Å². The molecular weight excluding hydrogens is 221 g/mol.